The van der Waals surface area contributed by atoms with Gasteiger partial charge in [0, 0.05) is 6.42 Å². The van der Waals surface area contributed by atoms with E-state index in [9.17, 15) is 14.4 Å². The number of carboxylic acid groups (broad SMARTS) is 1. The van der Waals surface area contributed by atoms with Crippen LogP contribution in [-0.4, -0.2) is 28.9 Å². The molecule has 0 aromatic carbocycles. The first-order valence-corrected chi connectivity index (χ1v) is 7.27. The lowest BCUT2D eigenvalue weighted by Gasteiger charge is -2.12. The molecule has 0 fully saturated rings. The molecule has 1 unspecified atom stereocenters. The number of hydrogen-bond acceptors (Lipinski definition) is 3. The van der Waals surface area contributed by atoms with Crippen molar-refractivity contribution in [1.82, 2.24) is 5.32 Å². The Kier molecular flexibility index (Phi) is 10.4. The van der Waals surface area contributed by atoms with Crippen LogP contribution in [0.5, 0.6) is 0 Å². The molecule has 0 saturated heterocycles. The van der Waals surface area contributed by atoms with Crippen LogP contribution < -0.4 is 11.1 Å². The van der Waals surface area contributed by atoms with Crippen molar-refractivity contribution >= 4 is 17.8 Å². The van der Waals surface area contributed by atoms with Crippen molar-refractivity contribution in [2.75, 3.05) is 0 Å². The molecule has 4 N–H and O–H groups in total. The Morgan fingerprint density at radius 3 is 2.10 bits per heavy atom. The van der Waals surface area contributed by atoms with E-state index in [1.54, 1.807) is 0 Å². The molecule has 0 aromatic rings. The fourth-order valence-electron chi connectivity index (χ4n) is 1.91. The number of nitrogens with two attached hydrogens (primary N) is 1. The quantitative estimate of drug-likeness (QED) is 0.473. The number of carbonyl (C=O) groups excluding carboxylic acids is 2. The molecule has 0 aliphatic heterocycles. The maximum atomic E-state index is 11.5. The summed E-state index contributed by atoms with van der Waals surface area (Å²) in [7, 11) is 0. The lowest BCUT2D eigenvalue weighted by molar-refractivity contribution is -0.143. The predicted octanol–water partition coefficient (Wildman–Crippen LogP) is 1.57. The number of carbonyl (C=O) groups is 3. The molecule has 6 heteroatoms. The molecule has 0 bridgehead atoms. The lowest BCUT2D eigenvalue weighted by atomic mass is 10.1. The van der Waals surface area contributed by atoms with E-state index in [2.05, 4.69) is 12.2 Å². The van der Waals surface area contributed by atoms with E-state index in [1.165, 1.54) is 25.7 Å². The van der Waals surface area contributed by atoms with Gasteiger partial charge in [0.15, 0.2) is 0 Å². The number of unbranched alkanes of at least 4 members (excludes halogenated alkanes) is 6. The zero-order chi connectivity index (χ0) is 15.4. The molecular weight excluding hydrogens is 260 g/mol. The van der Waals surface area contributed by atoms with E-state index in [0.29, 0.717) is 0 Å². The molecule has 0 aromatic heterocycles. The van der Waals surface area contributed by atoms with Crippen LogP contribution in [0.25, 0.3) is 0 Å². The number of rotatable bonds is 12. The Morgan fingerprint density at radius 2 is 1.60 bits per heavy atom. The van der Waals surface area contributed by atoms with Crippen LogP contribution in [0.3, 0.4) is 0 Å². The van der Waals surface area contributed by atoms with Crippen LogP contribution in [0.2, 0.25) is 0 Å². The van der Waals surface area contributed by atoms with Gasteiger partial charge in [-0.15, -0.1) is 0 Å². The number of amides is 2. The zero-order valence-electron chi connectivity index (χ0n) is 12.2. The van der Waals surface area contributed by atoms with Gasteiger partial charge in [0.25, 0.3) is 0 Å². The minimum Gasteiger partial charge on any atom is -0.480 e. The normalized spacial score (nSPS) is 11.8. The Bertz CT molecular complexity index is 318. The van der Waals surface area contributed by atoms with Crippen LogP contribution in [0.1, 0.15) is 64.7 Å². The monoisotopic (exact) mass is 286 g/mol. The van der Waals surface area contributed by atoms with Gasteiger partial charge in [-0.05, 0) is 6.42 Å². The highest BCUT2D eigenvalue weighted by Crippen LogP contribution is 2.08. The van der Waals surface area contributed by atoms with Gasteiger partial charge in [-0.25, -0.2) is 4.79 Å². The Hall–Kier alpha value is -1.59. The first-order chi connectivity index (χ1) is 9.47. The number of hydrogen-bond donors (Lipinski definition) is 3. The summed E-state index contributed by atoms with van der Waals surface area (Å²) in [5.41, 5.74) is 4.93. The standard InChI is InChI=1S/C14H26N2O4/c1-2-3-4-5-6-7-8-9-13(18)16-11(14(19)20)10-12(15)17/h11H,2-10H2,1H3,(H2,15,17)(H,16,18)(H,19,20). The molecule has 1 atom stereocenters. The highest BCUT2D eigenvalue weighted by Gasteiger charge is 2.21. The van der Waals surface area contributed by atoms with Gasteiger partial charge in [-0.1, -0.05) is 45.4 Å². The summed E-state index contributed by atoms with van der Waals surface area (Å²) < 4.78 is 0. The van der Waals surface area contributed by atoms with Crippen LogP contribution in [-0.2, 0) is 14.4 Å². The van der Waals surface area contributed by atoms with Gasteiger partial charge in [0.05, 0.1) is 6.42 Å². The van der Waals surface area contributed by atoms with Crippen LogP contribution in [0, 0.1) is 0 Å². The molecule has 0 saturated carbocycles. The Morgan fingerprint density at radius 1 is 1.05 bits per heavy atom. The highest BCUT2D eigenvalue weighted by atomic mass is 16.4. The van der Waals surface area contributed by atoms with Gasteiger partial charge in [-0.2, -0.15) is 0 Å². The topological polar surface area (TPSA) is 109 Å². The van der Waals surface area contributed by atoms with Crippen molar-refractivity contribution in [3.05, 3.63) is 0 Å². The van der Waals surface area contributed by atoms with Gasteiger partial charge in [0.1, 0.15) is 6.04 Å². The third-order valence-corrected chi connectivity index (χ3v) is 3.05. The van der Waals surface area contributed by atoms with Crippen molar-refractivity contribution < 1.29 is 19.5 Å². The van der Waals surface area contributed by atoms with Gasteiger partial charge in [-0.3, -0.25) is 9.59 Å². The fraction of sp³-hybridized carbons (Fsp3) is 0.786. The van der Waals surface area contributed by atoms with Gasteiger partial charge < -0.3 is 16.2 Å². The van der Waals surface area contributed by atoms with E-state index in [4.69, 9.17) is 10.8 Å². The van der Waals surface area contributed by atoms with Crippen LogP contribution >= 0.6 is 0 Å². The molecule has 0 rings (SSSR count). The van der Waals surface area contributed by atoms with E-state index in [1.807, 2.05) is 0 Å². The predicted molar refractivity (Wildman–Crippen MR) is 76.0 cm³/mol. The summed E-state index contributed by atoms with van der Waals surface area (Å²) in [6, 6.07) is -1.22. The van der Waals surface area contributed by atoms with Crippen molar-refractivity contribution in [2.45, 2.75) is 70.8 Å². The summed E-state index contributed by atoms with van der Waals surface area (Å²) in [5, 5.41) is 11.2. The van der Waals surface area contributed by atoms with Crippen molar-refractivity contribution in [1.29, 1.82) is 0 Å². The average molecular weight is 286 g/mol. The van der Waals surface area contributed by atoms with Crippen molar-refractivity contribution in [2.24, 2.45) is 5.73 Å². The lowest BCUT2D eigenvalue weighted by Crippen LogP contribution is -2.43. The Labute approximate surface area is 120 Å². The SMILES string of the molecule is CCCCCCCCCC(=O)NC(CC(N)=O)C(=O)O. The molecule has 0 radical (unpaired) electrons. The first-order valence-electron chi connectivity index (χ1n) is 7.27. The fourth-order valence-corrected chi connectivity index (χ4v) is 1.91. The third kappa shape index (κ3) is 10.3. The molecule has 0 heterocycles. The Balaban J connectivity index is 3.75. The maximum Gasteiger partial charge on any atom is 0.326 e. The molecule has 20 heavy (non-hydrogen) atoms. The van der Waals surface area contributed by atoms with Crippen LogP contribution in [0.15, 0.2) is 0 Å². The van der Waals surface area contributed by atoms with Crippen LogP contribution in [0.4, 0.5) is 0 Å². The van der Waals surface area contributed by atoms with E-state index in [-0.39, 0.29) is 18.7 Å². The molecule has 2 amide bonds. The largest absolute Gasteiger partial charge is 0.480 e. The minimum atomic E-state index is -1.24. The van der Waals surface area contributed by atoms with E-state index >= 15 is 0 Å². The maximum absolute atomic E-state index is 11.5. The summed E-state index contributed by atoms with van der Waals surface area (Å²) in [5.74, 6) is -2.32. The smallest absolute Gasteiger partial charge is 0.326 e. The molecule has 0 spiro atoms. The molecule has 116 valence electrons. The van der Waals surface area contributed by atoms with E-state index in [0.717, 1.165) is 19.3 Å². The summed E-state index contributed by atoms with van der Waals surface area (Å²) >= 11 is 0. The second-order valence-corrected chi connectivity index (χ2v) is 5.00. The van der Waals surface area contributed by atoms with Gasteiger partial charge in [0.2, 0.25) is 11.8 Å². The van der Waals surface area contributed by atoms with Gasteiger partial charge >= 0.3 is 5.97 Å². The molecule has 6 nitrogen and oxygen atoms in total. The zero-order valence-corrected chi connectivity index (χ0v) is 12.2. The number of nitrogens with one attached hydrogen (secondary N) is 1. The second kappa shape index (κ2) is 11.3. The third-order valence-electron chi connectivity index (χ3n) is 3.05. The highest BCUT2D eigenvalue weighted by molar-refractivity contribution is 5.88. The number of primary amides is 1. The first kappa shape index (κ1) is 18.4. The second-order valence-electron chi connectivity index (χ2n) is 5.00. The van der Waals surface area contributed by atoms with Crippen molar-refractivity contribution in [3.8, 4) is 0 Å². The van der Waals surface area contributed by atoms with Crippen molar-refractivity contribution in [3.63, 3.8) is 0 Å². The number of aliphatic carboxylic acids is 1. The summed E-state index contributed by atoms with van der Waals surface area (Å²) in [6.07, 6.45) is 7.56. The average Bonchev–Trinajstić information content (AvgIpc) is 2.36. The molecule has 0 aliphatic carbocycles. The number of carboxylic acids is 1. The van der Waals surface area contributed by atoms with E-state index < -0.39 is 17.9 Å². The minimum absolute atomic E-state index is 0.288. The summed E-state index contributed by atoms with van der Waals surface area (Å²) in [4.78, 5) is 33.1. The summed E-state index contributed by atoms with van der Waals surface area (Å²) in [6.45, 7) is 2.16. The molecular formula is C14H26N2O4. The molecule has 0 aliphatic rings.